The summed E-state index contributed by atoms with van der Waals surface area (Å²) in [7, 11) is 4.01. The highest BCUT2D eigenvalue weighted by Gasteiger charge is 2.29. The zero-order chi connectivity index (χ0) is 20.1. The number of rotatable bonds is 7. The van der Waals surface area contributed by atoms with Crippen LogP contribution in [-0.4, -0.2) is 48.6 Å². The molecule has 3 rings (SSSR count). The van der Waals surface area contributed by atoms with Gasteiger partial charge in [0.15, 0.2) is 0 Å². The van der Waals surface area contributed by atoms with Gasteiger partial charge < -0.3 is 15.5 Å². The summed E-state index contributed by atoms with van der Waals surface area (Å²) in [6, 6.07) is 15.8. The van der Waals surface area contributed by atoms with Gasteiger partial charge in [-0.1, -0.05) is 41.9 Å². The first-order chi connectivity index (χ1) is 13.4. The first-order valence-electron chi connectivity index (χ1n) is 9.16. The highest BCUT2D eigenvalue weighted by molar-refractivity contribution is 8.01. The maximum absolute atomic E-state index is 12.5. The van der Waals surface area contributed by atoms with E-state index in [1.807, 2.05) is 38.4 Å². The van der Waals surface area contributed by atoms with Crippen LogP contribution in [0.2, 0.25) is 5.02 Å². The lowest BCUT2D eigenvalue weighted by Gasteiger charge is -2.26. The number of nitrogens with zero attached hydrogens (tertiary/aromatic N) is 1. The van der Waals surface area contributed by atoms with Crippen molar-refractivity contribution in [3.05, 3.63) is 59.1 Å². The van der Waals surface area contributed by atoms with Gasteiger partial charge in [-0.15, -0.1) is 11.8 Å². The molecule has 0 fully saturated rings. The lowest BCUT2D eigenvalue weighted by Crippen LogP contribution is -2.43. The van der Waals surface area contributed by atoms with Gasteiger partial charge in [-0.2, -0.15) is 0 Å². The zero-order valence-electron chi connectivity index (χ0n) is 15.9. The van der Waals surface area contributed by atoms with E-state index in [9.17, 15) is 9.59 Å². The van der Waals surface area contributed by atoms with Gasteiger partial charge in [0, 0.05) is 28.9 Å². The van der Waals surface area contributed by atoms with Crippen LogP contribution in [0.15, 0.2) is 53.4 Å². The van der Waals surface area contributed by atoms with Gasteiger partial charge in [0.1, 0.15) is 0 Å². The maximum atomic E-state index is 12.5. The molecule has 2 aromatic carbocycles. The highest BCUT2D eigenvalue weighted by atomic mass is 35.5. The third-order valence-electron chi connectivity index (χ3n) is 4.71. The fourth-order valence-electron chi connectivity index (χ4n) is 3.05. The average molecular weight is 418 g/mol. The molecule has 0 bridgehead atoms. The lowest BCUT2D eigenvalue weighted by atomic mass is 10.1. The fraction of sp³-hybridized carbons (Fsp3) is 0.333. The van der Waals surface area contributed by atoms with Crippen molar-refractivity contribution in [2.45, 2.75) is 29.0 Å². The van der Waals surface area contributed by atoms with E-state index in [-0.39, 0.29) is 24.3 Å². The number of halogens is 1. The smallest absolute Gasteiger partial charge is 0.238 e. The van der Waals surface area contributed by atoms with Crippen LogP contribution in [-0.2, 0) is 16.0 Å². The summed E-state index contributed by atoms with van der Waals surface area (Å²) in [5.74, 6) is -0.284. The summed E-state index contributed by atoms with van der Waals surface area (Å²) >= 11 is 7.37. The molecule has 5 nitrogen and oxygen atoms in total. The van der Waals surface area contributed by atoms with Crippen molar-refractivity contribution in [1.82, 2.24) is 10.2 Å². The van der Waals surface area contributed by atoms with Crippen LogP contribution in [0.4, 0.5) is 5.69 Å². The van der Waals surface area contributed by atoms with Crippen LogP contribution in [0.25, 0.3) is 0 Å². The zero-order valence-corrected chi connectivity index (χ0v) is 17.5. The van der Waals surface area contributed by atoms with E-state index < -0.39 is 5.25 Å². The van der Waals surface area contributed by atoms with Crippen molar-refractivity contribution >= 4 is 40.9 Å². The van der Waals surface area contributed by atoms with Gasteiger partial charge in [-0.25, -0.2) is 0 Å². The second-order valence-electron chi connectivity index (χ2n) is 7.05. The number of amides is 2. The third-order valence-corrected chi connectivity index (χ3v) is 6.22. The molecule has 0 radical (unpaired) electrons. The van der Waals surface area contributed by atoms with Crippen LogP contribution in [0.3, 0.4) is 0 Å². The van der Waals surface area contributed by atoms with Crippen LogP contribution < -0.4 is 10.6 Å². The first kappa shape index (κ1) is 20.7. The molecule has 1 heterocycles. The molecule has 1 aliphatic rings. The molecule has 28 heavy (non-hydrogen) atoms. The Balaban J connectivity index is 1.54. The number of fused-ring (bicyclic) bond motifs is 1. The Morgan fingerprint density at radius 2 is 2.00 bits per heavy atom. The molecule has 0 unspecified atom stereocenters. The Hall–Kier alpha value is -2.02. The molecule has 0 saturated heterocycles. The van der Waals surface area contributed by atoms with Gasteiger partial charge in [0.25, 0.3) is 0 Å². The van der Waals surface area contributed by atoms with Crippen LogP contribution in [0.1, 0.15) is 12.0 Å². The van der Waals surface area contributed by atoms with E-state index in [0.29, 0.717) is 17.3 Å². The molecule has 7 heteroatoms. The second-order valence-corrected chi connectivity index (χ2v) is 8.73. The molecule has 2 atom stereocenters. The summed E-state index contributed by atoms with van der Waals surface area (Å²) in [5, 5.41) is 5.96. The van der Waals surface area contributed by atoms with E-state index in [2.05, 4.69) is 27.7 Å². The molecular weight excluding hydrogens is 394 g/mol. The number of nitrogens with one attached hydrogen (secondary N) is 2. The van der Waals surface area contributed by atoms with Gasteiger partial charge in [-0.05, 0) is 44.3 Å². The Morgan fingerprint density at radius 3 is 2.71 bits per heavy atom. The van der Waals surface area contributed by atoms with Gasteiger partial charge in [0.2, 0.25) is 11.8 Å². The fourth-order valence-corrected chi connectivity index (χ4v) is 4.32. The summed E-state index contributed by atoms with van der Waals surface area (Å²) < 4.78 is 0. The van der Waals surface area contributed by atoms with Gasteiger partial charge >= 0.3 is 0 Å². The maximum Gasteiger partial charge on any atom is 0.238 e. The van der Waals surface area contributed by atoms with Crippen LogP contribution in [0.5, 0.6) is 0 Å². The minimum absolute atomic E-state index is 0.120. The molecule has 0 aliphatic carbocycles. The molecule has 2 N–H and O–H groups in total. The Bertz CT molecular complexity index is 845. The van der Waals surface area contributed by atoms with Crippen molar-refractivity contribution in [3.63, 3.8) is 0 Å². The largest absolute Gasteiger partial charge is 0.354 e. The van der Waals surface area contributed by atoms with E-state index in [1.165, 1.54) is 17.3 Å². The van der Waals surface area contributed by atoms with Crippen molar-refractivity contribution in [3.8, 4) is 0 Å². The van der Waals surface area contributed by atoms with Crippen LogP contribution >= 0.6 is 23.4 Å². The minimum atomic E-state index is -0.444. The number of likely N-dealkylation sites (N-methyl/N-ethyl adjacent to an activating group) is 1. The van der Waals surface area contributed by atoms with Crippen molar-refractivity contribution in [2.75, 3.05) is 26.0 Å². The van der Waals surface area contributed by atoms with E-state index >= 15 is 0 Å². The quantitative estimate of drug-likeness (QED) is 0.724. The number of anilines is 1. The number of benzene rings is 2. The van der Waals surface area contributed by atoms with Gasteiger partial charge in [0.05, 0.1) is 10.9 Å². The molecule has 148 valence electrons. The Morgan fingerprint density at radius 1 is 1.25 bits per heavy atom. The van der Waals surface area contributed by atoms with Gasteiger partial charge in [-0.3, -0.25) is 9.59 Å². The highest BCUT2D eigenvalue weighted by Crippen LogP contribution is 2.38. The summed E-state index contributed by atoms with van der Waals surface area (Å²) in [4.78, 5) is 27.8. The third kappa shape index (κ3) is 5.50. The number of carbonyl (C=O) groups is 2. The number of hydrogen-bond acceptors (Lipinski definition) is 4. The lowest BCUT2D eigenvalue weighted by molar-refractivity contribution is -0.124. The molecular formula is C21H24ClN3O2S. The SMILES string of the molecule is CN(C)[C@H](CNC(=O)C[C@H]1Sc2ccc(Cl)cc2NC1=O)Cc1ccccc1. The molecule has 0 aromatic heterocycles. The number of carbonyl (C=O) groups excluding carboxylic acids is 2. The number of thioether (sulfide) groups is 1. The Labute approximate surface area is 174 Å². The molecule has 1 aliphatic heterocycles. The minimum Gasteiger partial charge on any atom is -0.354 e. The normalized spacial score (nSPS) is 17.0. The van der Waals surface area contributed by atoms with Crippen molar-refractivity contribution in [2.24, 2.45) is 0 Å². The van der Waals surface area contributed by atoms with Crippen LogP contribution in [0, 0.1) is 0 Å². The van der Waals surface area contributed by atoms with E-state index in [0.717, 1.165) is 11.3 Å². The summed E-state index contributed by atoms with van der Waals surface area (Å²) in [6.45, 7) is 0.534. The molecule has 0 spiro atoms. The summed E-state index contributed by atoms with van der Waals surface area (Å²) in [5.41, 5.74) is 1.93. The monoisotopic (exact) mass is 417 g/mol. The topological polar surface area (TPSA) is 61.4 Å². The first-order valence-corrected chi connectivity index (χ1v) is 10.4. The van der Waals surface area contributed by atoms with E-state index in [4.69, 9.17) is 11.6 Å². The van der Waals surface area contributed by atoms with Crippen molar-refractivity contribution in [1.29, 1.82) is 0 Å². The molecule has 2 amide bonds. The standard InChI is InChI=1S/C21H24ClN3O2S/c1-25(2)16(10-14-6-4-3-5-7-14)13-23-20(26)12-19-21(27)24-17-11-15(22)8-9-18(17)28-19/h3-9,11,16,19H,10,12-13H2,1-2H3,(H,23,26)(H,24,27)/t16-,19+/m0/s1. The summed E-state index contributed by atoms with van der Waals surface area (Å²) in [6.07, 6.45) is 0.991. The van der Waals surface area contributed by atoms with Crippen molar-refractivity contribution < 1.29 is 9.59 Å². The van der Waals surface area contributed by atoms with E-state index in [1.54, 1.807) is 12.1 Å². The number of hydrogen-bond donors (Lipinski definition) is 2. The average Bonchev–Trinajstić information content (AvgIpc) is 2.66. The predicted octanol–water partition coefficient (Wildman–Crippen LogP) is 3.43. The molecule has 2 aromatic rings. The predicted molar refractivity (Wildman–Crippen MR) is 115 cm³/mol. The second kappa shape index (κ2) is 9.45. The Kier molecular flexibility index (Phi) is 6.99. The molecule has 0 saturated carbocycles.